The summed E-state index contributed by atoms with van der Waals surface area (Å²) >= 11 is 0. The Morgan fingerprint density at radius 1 is 1.12 bits per heavy atom. The Labute approximate surface area is 138 Å². The van der Waals surface area contributed by atoms with Crippen molar-refractivity contribution in [2.45, 2.75) is 37.5 Å². The van der Waals surface area contributed by atoms with E-state index in [2.05, 4.69) is 5.32 Å². The van der Waals surface area contributed by atoms with Gasteiger partial charge in [-0.25, -0.2) is 4.39 Å². The zero-order valence-corrected chi connectivity index (χ0v) is 13.0. The van der Waals surface area contributed by atoms with Crippen LogP contribution in [0.1, 0.15) is 23.1 Å². The predicted molar refractivity (Wildman–Crippen MR) is 74.2 cm³/mol. The van der Waals surface area contributed by atoms with Gasteiger partial charge in [-0.1, -0.05) is 0 Å². The first kappa shape index (κ1) is 19.5. The van der Waals surface area contributed by atoms with E-state index in [0.717, 1.165) is 0 Å². The van der Waals surface area contributed by atoms with Gasteiger partial charge in [-0.3, -0.25) is 9.69 Å². The second-order valence-electron chi connectivity index (χ2n) is 5.92. The highest BCUT2D eigenvalue weighted by Gasteiger charge is 2.37. The van der Waals surface area contributed by atoms with E-state index in [-0.39, 0.29) is 24.6 Å². The molecule has 2 atom stereocenters. The molecule has 0 aromatic heterocycles. The van der Waals surface area contributed by atoms with E-state index in [0.29, 0.717) is 12.1 Å². The Bertz CT molecular complexity index is 609. The monoisotopic (exact) mass is 372 g/mol. The van der Waals surface area contributed by atoms with Crippen molar-refractivity contribution < 1.29 is 35.5 Å². The molecule has 0 aliphatic carbocycles. The number of halogens is 7. The molecule has 1 aliphatic heterocycles. The van der Waals surface area contributed by atoms with Crippen LogP contribution >= 0.6 is 0 Å². The van der Waals surface area contributed by atoms with Crippen LogP contribution in [0, 0.1) is 0 Å². The number of alkyl halides is 7. The van der Waals surface area contributed by atoms with Gasteiger partial charge in [0.15, 0.2) is 0 Å². The van der Waals surface area contributed by atoms with Gasteiger partial charge < -0.3 is 5.32 Å². The maximum absolute atomic E-state index is 13.2. The molecule has 25 heavy (non-hydrogen) atoms. The van der Waals surface area contributed by atoms with E-state index >= 15 is 0 Å². The van der Waals surface area contributed by atoms with E-state index in [1.165, 1.54) is 11.9 Å². The van der Waals surface area contributed by atoms with Crippen molar-refractivity contribution in [3.8, 4) is 0 Å². The molecule has 1 heterocycles. The maximum Gasteiger partial charge on any atom is 0.416 e. The molecule has 0 unspecified atom stereocenters. The second-order valence-corrected chi connectivity index (χ2v) is 5.92. The molecule has 1 aromatic carbocycles. The number of amides is 1. The second kappa shape index (κ2) is 6.81. The number of benzene rings is 1. The van der Waals surface area contributed by atoms with Gasteiger partial charge in [0.1, 0.15) is 6.17 Å². The lowest BCUT2D eigenvalue weighted by Crippen LogP contribution is -2.41. The first-order valence-corrected chi connectivity index (χ1v) is 7.28. The van der Waals surface area contributed by atoms with Crippen LogP contribution in [-0.4, -0.2) is 36.6 Å². The minimum absolute atomic E-state index is 0.0176. The Morgan fingerprint density at radius 3 is 2.04 bits per heavy atom. The molecular formula is C15H15F7N2O. The number of carbonyl (C=O) groups excluding carboxylic acids is 1. The zero-order valence-electron chi connectivity index (χ0n) is 13.0. The third kappa shape index (κ3) is 4.83. The highest BCUT2D eigenvalue weighted by molar-refractivity contribution is 5.82. The molecule has 10 heteroatoms. The molecule has 1 saturated heterocycles. The number of likely N-dealkylation sites (N-methyl/N-ethyl adjacent to an activating group) is 1. The van der Waals surface area contributed by atoms with Gasteiger partial charge in [-0.15, -0.1) is 0 Å². The number of likely N-dealkylation sites (tertiary alicyclic amines) is 1. The van der Waals surface area contributed by atoms with Crippen molar-refractivity contribution in [3.63, 3.8) is 0 Å². The molecule has 0 bridgehead atoms. The van der Waals surface area contributed by atoms with Crippen LogP contribution < -0.4 is 5.32 Å². The normalized spacial score (nSPS) is 22.2. The van der Waals surface area contributed by atoms with Crippen molar-refractivity contribution in [1.29, 1.82) is 0 Å². The molecule has 2 rings (SSSR count). The first-order valence-electron chi connectivity index (χ1n) is 7.28. The first-order chi connectivity index (χ1) is 11.4. The highest BCUT2D eigenvalue weighted by Crippen LogP contribution is 2.36. The molecule has 1 aromatic rings. The summed E-state index contributed by atoms with van der Waals surface area (Å²) in [5, 5.41) is 2.27. The van der Waals surface area contributed by atoms with E-state index in [9.17, 15) is 35.5 Å². The minimum atomic E-state index is -4.95. The Hall–Kier alpha value is -1.84. The number of carbonyl (C=O) groups is 1. The molecule has 1 fully saturated rings. The standard InChI is InChI=1S/C15H15F7N2O/c1-24-7-11(16)5-12(24)13(25)23-6-8-2-9(14(17,18)19)4-10(3-8)15(20,21)22/h2-4,11-12H,5-7H2,1H3,(H,23,25)/t11-,12-/m0/s1. The highest BCUT2D eigenvalue weighted by atomic mass is 19.4. The average Bonchev–Trinajstić information content (AvgIpc) is 2.81. The molecule has 140 valence electrons. The summed E-state index contributed by atoms with van der Waals surface area (Å²) in [6.45, 7) is -0.479. The van der Waals surface area contributed by atoms with Gasteiger partial charge in [0.2, 0.25) is 5.91 Å². The molecule has 0 radical (unpaired) electrons. The largest absolute Gasteiger partial charge is 0.416 e. The van der Waals surface area contributed by atoms with Crippen LogP contribution in [0.3, 0.4) is 0 Å². The summed E-state index contributed by atoms with van der Waals surface area (Å²) in [6.07, 6.45) is -11.2. The van der Waals surface area contributed by atoms with Gasteiger partial charge in [0.05, 0.1) is 17.2 Å². The van der Waals surface area contributed by atoms with Crippen molar-refractivity contribution in [2.75, 3.05) is 13.6 Å². The van der Waals surface area contributed by atoms with Crippen LogP contribution in [0.25, 0.3) is 0 Å². The number of nitrogens with one attached hydrogen (secondary N) is 1. The van der Waals surface area contributed by atoms with Gasteiger partial charge in [-0.05, 0) is 30.8 Å². The van der Waals surface area contributed by atoms with Crippen molar-refractivity contribution in [1.82, 2.24) is 10.2 Å². The summed E-state index contributed by atoms with van der Waals surface area (Å²) in [7, 11) is 1.51. The van der Waals surface area contributed by atoms with Crippen LogP contribution in [0.4, 0.5) is 30.7 Å². The topological polar surface area (TPSA) is 32.3 Å². The number of nitrogens with zero attached hydrogens (tertiary/aromatic N) is 1. The zero-order chi connectivity index (χ0) is 19.0. The van der Waals surface area contributed by atoms with E-state index in [4.69, 9.17) is 0 Å². The number of rotatable bonds is 3. The smallest absolute Gasteiger partial charge is 0.351 e. The van der Waals surface area contributed by atoms with Crippen LogP contribution in [-0.2, 0) is 23.7 Å². The fourth-order valence-electron chi connectivity index (χ4n) is 2.67. The average molecular weight is 372 g/mol. The van der Waals surface area contributed by atoms with Gasteiger partial charge in [0, 0.05) is 19.5 Å². The van der Waals surface area contributed by atoms with Crippen molar-refractivity contribution >= 4 is 5.91 Å². The van der Waals surface area contributed by atoms with Crippen molar-refractivity contribution in [3.05, 3.63) is 34.9 Å². The molecule has 1 amide bonds. The predicted octanol–water partition coefficient (Wildman–Crippen LogP) is 3.38. The fraction of sp³-hybridized carbons (Fsp3) is 0.533. The minimum Gasteiger partial charge on any atom is -0.351 e. The summed E-state index contributed by atoms with van der Waals surface area (Å²) < 4.78 is 89.9. The lowest BCUT2D eigenvalue weighted by atomic mass is 10.0. The molecule has 0 spiro atoms. The molecule has 3 nitrogen and oxygen atoms in total. The summed E-state index contributed by atoms with van der Waals surface area (Å²) in [5.74, 6) is -0.645. The summed E-state index contributed by atoms with van der Waals surface area (Å²) in [4.78, 5) is 13.4. The Morgan fingerprint density at radius 2 is 1.64 bits per heavy atom. The van der Waals surface area contributed by atoms with E-state index in [1.54, 1.807) is 0 Å². The van der Waals surface area contributed by atoms with E-state index < -0.39 is 48.1 Å². The van der Waals surface area contributed by atoms with Crippen LogP contribution in [0.5, 0.6) is 0 Å². The molecule has 1 aliphatic rings. The van der Waals surface area contributed by atoms with Crippen LogP contribution in [0.15, 0.2) is 18.2 Å². The van der Waals surface area contributed by atoms with Gasteiger partial charge in [-0.2, -0.15) is 26.3 Å². The SMILES string of the molecule is CN1C[C@@H](F)C[C@H]1C(=O)NCc1cc(C(F)(F)F)cc(C(F)(F)F)c1. The van der Waals surface area contributed by atoms with Gasteiger partial charge >= 0.3 is 12.4 Å². The van der Waals surface area contributed by atoms with Crippen LogP contribution in [0.2, 0.25) is 0 Å². The lowest BCUT2D eigenvalue weighted by molar-refractivity contribution is -0.143. The third-order valence-corrected chi connectivity index (χ3v) is 3.91. The fourth-order valence-corrected chi connectivity index (χ4v) is 2.67. The molecule has 0 saturated carbocycles. The quantitative estimate of drug-likeness (QED) is 0.826. The molecular weight excluding hydrogens is 357 g/mol. The Kier molecular flexibility index (Phi) is 5.31. The number of hydrogen-bond donors (Lipinski definition) is 1. The maximum atomic E-state index is 13.2. The molecule has 1 N–H and O–H groups in total. The Balaban J connectivity index is 2.17. The number of hydrogen-bond acceptors (Lipinski definition) is 2. The lowest BCUT2D eigenvalue weighted by Gasteiger charge is -2.19. The van der Waals surface area contributed by atoms with E-state index in [1.807, 2.05) is 0 Å². The summed E-state index contributed by atoms with van der Waals surface area (Å²) in [5.41, 5.74) is -3.24. The third-order valence-electron chi connectivity index (χ3n) is 3.91. The summed E-state index contributed by atoms with van der Waals surface area (Å²) in [6, 6.07) is 0.310. The van der Waals surface area contributed by atoms with Gasteiger partial charge in [0.25, 0.3) is 0 Å². The van der Waals surface area contributed by atoms with Crippen molar-refractivity contribution in [2.24, 2.45) is 0 Å².